The number of aromatic nitrogens is 3. The number of carbonyl (C=O) groups is 1. The van der Waals surface area contributed by atoms with E-state index in [4.69, 9.17) is 19.6 Å². The quantitative estimate of drug-likeness (QED) is 0.177. The van der Waals surface area contributed by atoms with Crippen LogP contribution in [0.5, 0.6) is 5.75 Å². The maximum Gasteiger partial charge on any atom is 0.160 e. The Kier molecular flexibility index (Phi) is 6.71. The molecular weight excluding hydrogens is 430 g/mol. The van der Waals surface area contributed by atoms with Gasteiger partial charge in [0.25, 0.3) is 0 Å². The number of para-hydroxylation sites is 1. The van der Waals surface area contributed by atoms with Crippen LogP contribution in [0.3, 0.4) is 0 Å². The molecule has 0 radical (unpaired) electrons. The first-order chi connectivity index (χ1) is 15.9. The molecule has 0 spiro atoms. The number of hydrogen-bond acceptors (Lipinski definition) is 5. The van der Waals surface area contributed by atoms with E-state index in [1.807, 2.05) is 53.3 Å². The van der Waals surface area contributed by atoms with E-state index in [9.17, 15) is 4.79 Å². The van der Waals surface area contributed by atoms with E-state index in [2.05, 4.69) is 25.7 Å². The first-order valence-electron chi connectivity index (χ1n) is 11.0. The van der Waals surface area contributed by atoms with Crippen molar-refractivity contribution in [1.82, 2.24) is 14.8 Å². The zero-order valence-electron chi connectivity index (χ0n) is 19.5. The van der Waals surface area contributed by atoms with Gasteiger partial charge in [0.15, 0.2) is 5.65 Å². The summed E-state index contributed by atoms with van der Waals surface area (Å²) in [6, 6.07) is 18.5. The molecule has 0 amide bonds. The summed E-state index contributed by atoms with van der Waals surface area (Å²) in [5.74, 6) is 0.747. The third-order valence-corrected chi connectivity index (χ3v) is 7.22. The highest BCUT2D eigenvalue weighted by molar-refractivity contribution is 6.76. The number of hydrogen-bond donors (Lipinski definition) is 0. The van der Waals surface area contributed by atoms with Crippen LogP contribution >= 0.6 is 0 Å². The Labute approximate surface area is 195 Å². The molecule has 0 saturated heterocycles. The second-order valence-electron chi connectivity index (χ2n) is 9.23. The fraction of sp³-hybridized carbons (Fsp3) is 0.269. The molecule has 0 aliphatic carbocycles. The van der Waals surface area contributed by atoms with Gasteiger partial charge >= 0.3 is 0 Å². The number of nitrogens with zero attached hydrogens (tertiary/aromatic N) is 3. The zero-order chi connectivity index (χ0) is 23.4. The number of fused-ring (bicyclic) bond motifs is 1. The Morgan fingerprint density at radius 3 is 2.61 bits per heavy atom. The highest BCUT2D eigenvalue weighted by Crippen LogP contribution is 2.35. The lowest BCUT2D eigenvalue weighted by molar-refractivity contribution is 0.0814. The minimum atomic E-state index is -1.17. The Hall–Kier alpha value is -3.29. The molecule has 7 heteroatoms. The van der Waals surface area contributed by atoms with Crippen molar-refractivity contribution < 1.29 is 14.3 Å². The number of aldehydes is 1. The van der Waals surface area contributed by atoms with E-state index >= 15 is 0 Å². The van der Waals surface area contributed by atoms with Crippen molar-refractivity contribution in [2.24, 2.45) is 0 Å². The van der Waals surface area contributed by atoms with Crippen molar-refractivity contribution in [3.8, 4) is 28.1 Å². The fourth-order valence-corrected chi connectivity index (χ4v) is 4.42. The average molecular weight is 460 g/mol. The van der Waals surface area contributed by atoms with Crippen LogP contribution in [0.1, 0.15) is 10.4 Å². The van der Waals surface area contributed by atoms with Gasteiger partial charge in [-0.15, -0.1) is 0 Å². The Balaban J connectivity index is 1.78. The van der Waals surface area contributed by atoms with Gasteiger partial charge in [-0.3, -0.25) is 4.79 Å². The normalized spacial score (nSPS) is 11.6. The van der Waals surface area contributed by atoms with Crippen molar-refractivity contribution >= 4 is 25.4 Å². The summed E-state index contributed by atoms with van der Waals surface area (Å²) >= 11 is 0. The van der Waals surface area contributed by atoms with Crippen molar-refractivity contribution in [1.29, 1.82) is 0 Å². The van der Waals surface area contributed by atoms with Crippen molar-refractivity contribution in [2.75, 3.05) is 13.7 Å². The van der Waals surface area contributed by atoms with Crippen LogP contribution in [-0.2, 0) is 11.5 Å². The van der Waals surface area contributed by atoms with Crippen LogP contribution in [-0.4, -0.2) is 42.8 Å². The van der Waals surface area contributed by atoms with E-state index in [-0.39, 0.29) is 0 Å². The Morgan fingerprint density at radius 1 is 1.03 bits per heavy atom. The van der Waals surface area contributed by atoms with Crippen LogP contribution in [0.2, 0.25) is 25.7 Å². The number of rotatable bonds is 9. The Morgan fingerprint density at radius 2 is 1.85 bits per heavy atom. The van der Waals surface area contributed by atoms with E-state index in [0.717, 1.165) is 51.5 Å². The topological polar surface area (TPSA) is 66.2 Å². The summed E-state index contributed by atoms with van der Waals surface area (Å²) in [6.07, 6.45) is 2.67. The predicted octanol–water partition coefficient (Wildman–Crippen LogP) is 5.90. The molecule has 0 N–H and O–H groups in total. The molecule has 0 unspecified atom stereocenters. The summed E-state index contributed by atoms with van der Waals surface area (Å²) in [6.45, 7) is 8.05. The summed E-state index contributed by atoms with van der Waals surface area (Å²) in [7, 11) is 0.485. The lowest BCUT2D eigenvalue weighted by atomic mass is 10.0. The minimum Gasteiger partial charge on any atom is -0.496 e. The lowest BCUT2D eigenvalue weighted by Gasteiger charge is -2.15. The highest BCUT2D eigenvalue weighted by Gasteiger charge is 2.18. The molecule has 6 nitrogen and oxygen atoms in total. The second kappa shape index (κ2) is 9.68. The van der Waals surface area contributed by atoms with Gasteiger partial charge in [-0.05, 0) is 35.9 Å². The molecule has 2 aromatic heterocycles. The van der Waals surface area contributed by atoms with E-state index < -0.39 is 8.07 Å². The molecular formula is C26H29N3O3Si. The van der Waals surface area contributed by atoms with Crippen LogP contribution in [0.15, 0.2) is 60.8 Å². The lowest BCUT2D eigenvalue weighted by Crippen LogP contribution is -2.22. The molecule has 0 saturated carbocycles. The van der Waals surface area contributed by atoms with Gasteiger partial charge in [0.05, 0.1) is 7.11 Å². The molecule has 0 aliphatic heterocycles. The third kappa shape index (κ3) is 5.21. The van der Waals surface area contributed by atoms with Gasteiger partial charge < -0.3 is 9.47 Å². The molecule has 0 aliphatic rings. The van der Waals surface area contributed by atoms with Crippen molar-refractivity contribution in [3.05, 3.63) is 66.4 Å². The second-order valence-corrected chi connectivity index (χ2v) is 14.9. The molecule has 33 heavy (non-hydrogen) atoms. The average Bonchev–Trinajstić information content (AvgIpc) is 3.19. The minimum absolute atomic E-state index is 0.336. The zero-order valence-corrected chi connectivity index (χ0v) is 20.5. The molecule has 2 heterocycles. The summed E-state index contributed by atoms with van der Waals surface area (Å²) < 4.78 is 13.4. The molecule has 0 fully saturated rings. The largest absolute Gasteiger partial charge is 0.496 e. The van der Waals surface area contributed by atoms with Crippen LogP contribution in [0.25, 0.3) is 33.4 Å². The van der Waals surface area contributed by atoms with Gasteiger partial charge in [-0.2, -0.15) is 5.10 Å². The predicted molar refractivity (Wildman–Crippen MR) is 134 cm³/mol. The summed E-state index contributed by atoms with van der Waals surface area (Å²) in [5.41, 5.74) is 4.91. The van der Waals surface area contributed by atoms with Crippen molar-refractivity contribution in [3.63, 3.8) is 0 Å². The van der Waals surface area contributed by atoms with E-state index in [0.29, 0.717) is 18.9 Å². The van der Waals surface area contributed by atoms with Crippen LogP contribution < -0.4 is 4.74 Å². The summed E-state index contributed by atoms with van der Waals surface area (Å²) in [4.78, 5) is 16.0. The Bertz CT molecular complexity index is 1280. The smallest absolute Gasteiger partial charge is 0.160 e. The molecule has 0 atom stereocenters. The SMILES string of the molecule is COc1ccccc1-c1nn(COCC[Si](C)(C)C)c2ncc(-c3cccc(C=O)c3)cc12. The van der Waals surface area contributed by atoms with Gasteiger partial charge in [-0.1, -0.05) is 50.0 Å². The van der Waals surface area contributed by atoms with Crippen LogP contribution in [0.4, 0.5) is 0 Å². The highest BCUT2D eigenvalue weighted by atomic mass is 28.3. The van der Waals surface area contributed by atoms with Crippen LogP contribution in [0, 0.1) is 0 Å². The molecule has 170 valence electrons. The first-order valence-corrected chi connectivity index (χ1v) is 14.7. The fourth-order valence-electron chi connectivity index (χ4n) is 3.67. The van der Waals surface area contributed by atoms with Gasteiger partial charge in [-0.25, -0.2) is 9.67 Å². The van der Waals surface area contributed by atoms with Gasteiger partial charge in [0.2, 0.25) is 0 Å². The number of methoxy groups -OCH3 is 1. The maximum absolute atomic E-state index is 11.2. The number of benzene rings is 2. The molecule has 4 rings (SSSR count). The summed E-state index contributed by atoms with van der Waals surface area (Å²) in [5, 5.41) is 5.78. The molecule has 0 bridgehead atoms. The maximum atomic E-state index is 11.2. The van der Waals surface area contributed by atoms with E-state index in [1.165, 1.54) is 0 Å². The number of ether oxygens (including phenoxy) is 2. The molecule has 2 aromatic carbocycles. The van der Waals surface area contributed by atoms with E-state index in [1.54, 1.807) is 13.2 Å². The standard InChI is InChI=1S/C26H29N3O3Si/c1-31-24-11-6-5-10-22(24)25-23-15-21(20-9-7-8-19(14-20)17-30)16-27-26(23)29(28-25)18-32-12-13-33(2,3)4/h5-11,14-17H,12-13,18H2,1-4H3. The number of carbonyl (C=O) groups excluding carboxylic acids is 1. The number of pyridine rings is 1. The monoisotopic (exact) mass is 459 g/mol. The van der Waals surface area contributed by atoms with Gasteiger partial charge in [0.1, 0.15) is 24.5 Å². The third-order valence-electron chi connectivity index (χ3n) is 5.52. The van der Waals surface area contributed by atoms with Gasteiger partial charge in [0, 0.05) is 43.0 Å². The molecule has 4 aromatic rings. The first kappa shape index (κ1) is 22.9. The van der Waals surface area contributed by atoms with Crippen molar-refractivity contribution in [2.45, 2.75) is 32.4 Å².